The van der Waals surface area contributed by atoms with Gasteiger partial charge in [-0.3, -0.25) is 0 Å². The summed E-state index contributed by atoms with van der Waals surface area (Å²) in [5, 5.41) is 0. The van der Waals surface area contributed by atoms with Gasteiger partial charge in [-0.05, 0) is 40.6 Å². The molecule has 1 heterocycles. The number of hydrogen-bond acceptors (Lipinski definition) is 5. The zero-order valence-corrected chi connectivity index (χ0v) is 15.4. The first-order valence-corrected chi connectivity index (χ1v) is 10.2. The largest absolute Gasteiger partial charge is 0.450 e. The van der Waals surface area contributed by atoms with Crippen LogP contribution in [0.5, 0.6) is 11.5 Å². The highest BCUT2D eigenvalue weighted by Gasteiger charge is 2.25. The van der Waals surface area contributed by atoms with Gasteiger partial charge < -0.3 is 9.47 Å². The highest BCUT2D eigenvalue weighted by Crippen LogP contribution is 2.44. The van der Waals surface area contributed by atoms with Gasteiger partial charge in [0.15, 0.2) is 0 Å². The van der Waals surface area contributed by atoms with E-state index in [-0.39, 0.29) is 0 Å². The van der Waals surface area contributed by atoms with E-state index >= 15 is 0 Å². The normalized spacial score (nSPS) is 13.9. The fourth-order valence-corrected chi connectivity index (χ4v) is 4.19. The standard InChI is InChI=1S/C21H15NO2S2/c1-4-10-16(11-5-1)20-19(23-17-12-6-2-7-13-17)21(22-26-25-20)24-18-14-8-3-9-15-18/h1-15H. The summed E-state index contributed by atoms with van der Waals surface area (Å²) < 4.78 is 16.7. The zero-order valence-electron chi connectivity index (χ0n) is 13.7. The van der Waals surface area contributed by atoms with Crippen molar-refractivity contribution in [3.8, 4) is 11.5 Å². The Morgan fingerprint density at radius 1 is 0.615 bits per heavy atom. The molecule has 1 aliphatic rings. The molecule has 0 aromatic heterocycles. The van der Waals surface area contributed by atoms with E-state index in [2.05, 4.69) is 16.5 Å². The Balaban J connectivity index is 1.74. The predicted molar refractivity (Wildman–Crippen MR) is 110 cm³/mol. The quantitative estimate of drug-likeness (QED) is 0.399. The van der Waals surface area contributed by atoms with Crippen LogP contribution in [-0.4, -0.2) is 5.90 Å². The molecule has 26 heavy (non-hydrogen) atoms. The minimum Gasteiger partial charge on any atom is -0.450 e. The first-order chi connectivity index (χ1) is 12.9. The van der Waals surface area contributed by atoms with Gasteiger partial charge in [0.05, 0.1) is 15.9 Å². The third-order valence-electron chi connectivity index (χ3n) is 3.60. The molecular weight excluding hydrogens is 362 g/mol. The summed E-state index contributed by atoms with van der Waals surface area (Å²) in [4.78, 5) is 0.986. The van der Waals surface area contributed by atoms with Crippen molar-refractivity contribution in [3.63, 3.8) is 0 Å². The third kappa shape index (κ3) is 3.95. The van der Waals surface area contributed by atoms with Gasteiger partial charge in [-0.1, -0.05) is 66.7 Å². The van der Waals surface area contributed by atoms with Gasteiger partial charge in [0.2, 0.25) is 5.76 Å². The van der Waals surface area contributed by atoms with Gasteiger partial charge in [-0.25, -0.2) is 0 Å². The van der Waals surface area contributed by atoms with E-state index in [9.17, 15) is 0 Å². The van der Waals surface area contributed by atoms with E-state index in [1.807, 2.05) is 78.9 Å². The van der Waals surface area contributed by atoms with E-state index < -0.39 is 0 Å². The third-order valence-corrected chi connectivity index (χ3v) is 5.45. The molecule has 0 saturated carbocycles. The van der Waals surface area contributed by atoms with Crippen LogP contribution in [0.1, 0.15) is 5.56 Å². The molecule has 0 bridgehead atoms. The fraction of sp³-hybridized carbons (Fsp3) is 0. The molecular formula is C21H15NO2S2. The van der Waals surface area contributed by atoms with E-state index in [1.54, 1.807) is 10.8 Å². The van der Waals surface area contributed by atoms with Crippen molar-refractivity contribution >= 4 is 32.6 Å². The number of para-hydroxylation sites is 2. The van der Waals surface area contributed by atoms with Crippen molar-refractivity contribution in [2.24, 2.45) is 4.40 Å². The van der Waals surface area contributed by atoms with Gasteiger partial charge >= 0.3 is 0 Å². The number of nitrogens with zero attached hydrogens (tertiary/aromatic N) is 1. The molecule has 0 unspecified atom stereocenters. The monoisotopic (exact) mass is 377 g/mol. The molecule has 5 heteroatoms. The van der Waals surface area contributed by atoms with Crippen molar-refractivity contribution in [1.29, 1.82) is 0 Å². The Kier molecular flexibility index (Phi) is 5.28. The smallest absolute Gasteiger partial charge is 0.272 e. The lowest BCUT2D eigenvalue weighted by molar-refractivity contribution is 0.426. The van der Waals surface area contributed by atoms with Gasteiger partial charge in [0.1, 0.15) is 11.5 Å². The molecule has 0 saturated heterocycles. The van der Waals surface area contributed by atoms with Crippen molar-refractivity contribution < 1.29 is 9.47 Å². The molecule has 0 aliphatic carbocycles. The molecule has 3 nitrogen and oxygen atoms in total. The molecule has 0 amide bonds. The Morgan fingerprint density at radius 3 is 1.77 bits per heavy atom. The zero-order chi connectivity index (χ0) is 17.6. The summed E-state index contributed by atoms with van der Waals surface area (Å²) in [6.45, 7) is 0. The van der Waals surface area contributed by atoms with Crippen LogP contribution in [0.15, 0.2) is 101 Å². The van der Waals surface area contributed by atoms with E-state index in [0.717, 1.165) is 22.0 Å². The van der Waals surface area contributed by atoms with Crippen LogP contribution in [0, 0.1) is 0 Å². The van der Waals surface area contributed by atoms with Crippen LogP contribution in [0.4, 0.5) is 0 Å². The lowest BCUT2D eigenvalue weighted by atomic mass is 10.2. The topological polar surface area (TPSA) is 30.8 Å². The van der Waals surface area contributed by atoms with Crippen LogP contribution >= 0.6 is 21.8 Å². The first kappa shape index (κ1) is 16.8. The summed E-state index contributed by atoms with van der Waals surface area (Å²) in [6, 6.07) is 29.4. The molecule has 0 radical (unpaired) electrons. The Hall–Kier alpha value is -2.63. The van der Waals surface area contributed by atoms with Crippen LogP contribution in [0.25, 0.3) is 4.91 Å². The lowest BCUT2D eigenvalue weighted by Gasteiger charge is -2.20. The van der Waals surface area contributed by atoms with Crippen molar-refractivity contribution in [2.75, 3.05) is 0 Å². The van der Waals surface area contributed by atoms with Crippen molar-refractivity contribution in [2.45, 2.75) is 0 Å². The second-order valence-electron chi connectivity index (χ2n) is 5.41. The molecule has 0 spiro atoms. The average molecular weight is 377 g/mol. The Bertz CT molecular complexity index is 926. The molecule has 128 valence electrons. The predicted octanol–water partition coefficient (Wildman–Crippen LogP) is 6.22. The number of ether oxygens (including phenoxy) is 2. The number of rotatable bonds is 4. The number of hydrogen-bond donors (Lipinski definition) is 0. The van der Waals surface area contributed by atoms with E-state index in [0.29, 0.717) is 11.7 Å². The minimum absolute atomic E-state index is 0.461. The number of benzene rings is 3. The maximum atomic E-state index is 6.20. The second-order valence-corrected chi connectivity index (χ2v) is 7.26. The summed E-state index contributed by atoms with van der Waals surface area (Å²) in [6.07, 6.45) is 0. The van der Waals surface area contributed by atoms with Gasteiger partial charge in [-0.15, -0.1) is 0 Å². The maximum absolute atomic E-state index is 6.20. The SMILES string of the molecule is c1ccc(OC2=NSSC(c3ccccc3)=C2Oc2ccccc2)cc1. The van der Waals surface area contributed by atoms with Crippen LogP contribution in [0.3, 0.4) is 0 Å². The highest BCUT2D eigenvalue weighted by molar-refractivity contribution is 8.79. The van der Waals surface area contributed by atoms with Gasteiger partial charge in [-0.2, -0.15) is 4.40 Å². The Morgan fingerprint density at radius 2 is 1.15 bits per heavy atom. The summed E-state index contributed by atoms with van der Waals surface area (Å²) in [5.41, 5.74) is 1.07. The van der Waals surface area contributed by atoms with E-state index in [1.165, 1.54) is 11.0 Å². The minimum atomic E-state index is 0.461. The average Bonchev–Trinajstić information content (AvgIpc) is 2.71. The second kappa shape index (κ2) is 8.17. The van der Waals surface area contributed by atoms with Gasteiger partial charge in [0, 0.05) is 0 Å². The molecule has 0 atom stereocenters. The molecule has 1 aliphatic heterocycles. The van der Waals surface area contributed by atoms with Crippen LogP contribution in [-0.2, 0) is 0 Å². The Labute approximate surface area is 160 Å². The van der Waals surface area contributed by atoms with Crippen LogP contribution in [0.2, 0.25) is 0 Å². The fourth-order valence-electron chi connectivity index (χ4n) is 2.40. The summed E-state index contributed by atoms with van der Waals surface area (Å²) in [7, 11) is 2.94. The molecule has 0 fully saturated rings. The lowest BCUT2D eigenvalue weighted by Crippen LogP contribution is -2.18. The molecule has 4 rings (SSSR count). The molecule has 3 aromatic carbocycles. The van der Waals surface area contributed by atoms with E-state index in [4.69, 9.17) is 9.47 Å². The first-order valence-electron chi connectivity index (χ1n) is 8.08. The van der Waals surface area contributed by atoms with Gasteiger partial charge in [0.25, 0.3) is 5.90 Å². The van der Waals surface area contributed by atoms with Crippen molar-refractivity contribution in [1.82, 2.24) is 0 Å². The summed E-state index contributed by atoms with van der Waals surface area (Å²) in [5.74, 6) is 2.55. The van der Waals surface area contributed by atoms with Crippen LogP contribution < -0.4 is 9.47 Å². The maximum Gasteiger partial charge on any atom is 0.272 e. The highest BCUT2D eigenvalue weighted by atomic mass is 33.1. The molecule has 3 aromatic rings. The molecule has 0 N–H and O–H groups in total. The summed E-state index contributed by atoms with van der Waals surface area (Å²) >= 11 is 0. The van der Waals surface area contributed by atoms with Crippen molar-refractivity contribution in [3.05, 3.63) is 102 Å².